The van der Waals surface area contributed by atoms with Crippen molar-refractivity contribution in [3.8, 4) is 0 Å². The highest BCUT2D eigenvalue weighted by molar-refractivity contribution is 5.79. The average Bonchev–Trinajstić information content (AvgIpc) is 3.15. The van der Waals surface area contributed by atoms with E-state index < -0.39 is 0 Å². The predicted molar refractivity (Wildman–Crippen MR) is 117 cm³/mol. The van der Waals surface area contributed by atoms with Crippen LogP contribution in [0.25, 0.3) is 0 Å². The molecular weight excluding hydrogens is 376 g/mol. The highest BCUT2D eigenvalue weighted by Gasteiger charge is 2.20. The summed E-state index contributed by atoms with van der Waals surface area (Å²) >= 11 is 0. The van der Waals surface area contributed by atoms with Crippen LogP contribution in [0, 0.1) is 6.92 Å². The first kappa shape index (κ1) is 21.3. The van der Waals surface area contributed by atoms with E-state index in [0.29, 0.717) is 13.1 Å². The third-order valence-corrected chi connectivity index (χ3v) is 4.96. The third kappa shape index (κ3) is 6.04. The first-order valence-corrected chi connectivity index (χ1v) is 10.0. The molecule has 2 aromatic carbocycles. The van der Waals surface area contributed by atoms with Crippen LogP contribution >= 0.6 is 0 Å². The van der Waals surface area contributed by atoms with Crippen molar-refractivity contribution in [1.29, 1.82) is 0 Å². The van der Waals surface area contributed by atoms with Crippen molar-refractivity contribution in [3.63, 3.8) is 0 Å². The summed E-state index contributed by atoms with van der Waals surface area (Å²) in [5.74, 6) is -0.191. The lowest BCUT2D eigenvalue weighted by Crippen LogP contribution is -2.33. The highest BCUT2D eigenvalue weighted by Crippen LogP contribution is 2.19. The molecule has 3 aromatic rings. The predicted octanol–water partition coefficient (Wildman–Crippen LogP) is 3.47. The summed E-state index contributed by atoms with van der Waals surface area (Å²) in [4.78, 5) is 26.1. The molecule has 6 heteroatoms. The Hall–Kier alpha value is -3.41. The summed E-state index contributed by atoms with van der Waals surface area (Å²) < 4.78 is 1.87. The highest BCUT2D eigenvalue weighted by atomic mass is 16.2. The molecule has 0 aliphatic carbocycles. The Kier molecular flexibility index (Phi) is 7.01. The van der Waals surface area contributed by atoms with Crippen molar-refractivity contribution in [2.24, 2.45) is 0 Å². The lowest BCUT2D eigenvalue weighted by molar-refractivity contribution is -0.131. The van der Waals surface area contributed by atoms with E-state index in [9.17, 15) is 9.59 Å². The minimum Gasteiger partial charge on any atom is -0.349 e. The smallest absolute Gasteiger partial charge is 0.225 e. The maximum atomic E-state index is 12.8. The second-order valence-corrected chi connectivity index (χ2v) is 7.65. The summed E-state index contributed by atoms with van der Waals surface area (Å²) in [5.41, 5.74) is 4.20. The van der Waals surface area contributed by atoms with Crippen molar-refractivity contribution in [2.75, 3.05) is 7.05 Å². The van der Waals surface area contributed by atoms with Crippen LogP contribution in [0.1, 0.15) is 41.6 Å². The van der Waals surface area contributed by atoms with E-state index in [-0.39, 0.29) is 24.3 Å². The number of nitrogens with one attached hydrogen (secondary N) is 1. The van der Waals surface area contributed by atoms with Crippen LogP contribution in [-0.2, 0) is 22.7 Å². The van der Waals surface area contributed by atoms with E-state index >= 15 is 0 Å². The molecule has 0 fully saturated rings. The summed E-state index contributed by atoms with van der Waals surface area (Å²) in [6.07, 6.45) is 3.96. The molecule has 0 saturated carbocycles. The largest absolute Gasteiger partial charge is 0.349 e. The number of rotatable bonds is 8. The number of benzene rings is 2. The summed E-state index contributed by atoms with van der Waals surface area (Å²) in [6, 6.07) is 17.7. The van der Waals surface area contributed by atoms with Crippen LogP contribution in [0.4, 0.5) is 0 Å². The Morgan fingerprint density at radius 2 is 1.77 bits per heavy atom. The summed E-state index contributed by atoms with van der Waals surface area (Å²) in [5, 5.41) is 7.30. The van der Waals surface area contributed by atoms with Crippen molar-refractivity contribution in [1.82, 2.24) is 20.0 Å². The Morgan fingerprint density at radius 3 is 2.43 bits per heavy atom. The Morgan fingerprint density at radius 1 is 1.07 bits per heavy atom. The normalized spacial score (nSPS) is 11.7. The van der Waals surface area contributed by atoms with Gasteiger partial charge in [-0.1, -0.05) is 60.2 Å². The van der Waals surface area contributed by atoms with Gasteiger partial charge < -0.3 is 10.2 Å². The fourth-order valence-electron chi connectivity index (χ4n) is 3.33. The van der Waals surface area contributed by atoms with E-state index in [0.717, 1.165) is 16.7 Å². The molecule has 30 heavy (non-hydrogen) atoms. The van der Waals surface area contributed by atoms with Crippen molar-refractivity contribution < 1.29 is 9.59 Å². The summed E-state index contributed by atoms with van der Waals surface area (Å²) in [6.45, 7) is 4.63. The lowest BCUT2D eigenvalue weighted by atomic mass is 10.0. The van der Waals surface area contributed by atoms with Crippen LogP contribution in [0.3, 0.4) is 0 Å². The SMILES string of the molecule is CC(=O)NC(CC(=O)N(C)Cc1cnn(Cc2ccccc2)c1)c1ccc(C)cc1. The van der Waals surface area contributed by atoms with Gasteiger partial charge >= 0.3 is 0 Å². The molecule has 0 saturated heterocycles. The van der Waals surface area contributed by atoms with Gasteiger partial charge in [0.2, 0.25) is 11.8 Å². The van der Waals surface area contributed by atoms with Gasteiger partial charge in [0.25, 0.3) is 0 Å². The molecule has 1 N–H and O–H groups in total. The lowest BCUT2D eigenvalue weighted by Gasteiger charge is -2.22. The standard InChI is InChI=1S/C24H28N4O2/c1-18-9-11-22(12-10-18)23(26-19(2)29)13-24(30)27(3)15-21-14-25-28(17-21)16-20-7-5-4-6-8-20/h4-12,14,17,23H,13,15-16H2,1-3H3,(H,26,29). The van der Waals surface area contributed by atoms with Crippen LogP contribution < -0.4 is 5.32 Å². The summed E-state index contributed by atoms with van der Waals surface area (Å²) in [7, 11) is 1.77. The molecule has 6 nitrogen and oxygen atoms in total. The molecule has 0 bridgehead atoms. The van der Waals surface area contributed by atoms with Gasteiger partial charge in [0, 0.05) is 32.3 Å². The Labute approximate surface area is 177 Å². The fourth-order valence-corrected chi connectivity index (χ4v) is 3.33. The zero-order chi connectivity index (χ0) is 21.5. The van der Waals surface area contributed by atoms with Gasteiger partial charge in [-0.3, -0.25) is 14.3 Å². The fraction of sp³-hybridized carbons (Fsp3) is 0.292. The number of hydrogen-bond acceptors (Lipinski definition) is 3. The number of carbonyl (C=O) groups excluding carboxylic acids is 2. The van der Waals surface area contributed by atoms with Crippen LogP contribution in [0.5, 0.6) is 0 Å². The minimum atomic E-state index is -0.348. The Bertz CT molecular complexity index is 980. The van der Waals surface area contributed by atoms with Gasteiger partial charge in [-0.25, -0.2) is 0 Å². The number of amides is 2. The van der Waals surface area contributed by atoms with Crippen molar-refractivity contribution in [2.45, 2.75) is 39.4 Å². The average molecular weight is 405 g/mol. The van der Waals surface area contributed by atoms with E-state index in [1.54, 1.807) is 18.1 Å². The second kappa shape index (κ2) is 9.87. The molecule has 0 spiro atoms. The molecule has 0 radical (unpaired) electrons. The van der Waals surface area contributed by atoms with Gasteiger partial charge in [-0.05, 0) is 18.1 Å². The molecular formula is C24H28N4O2. The number of carbonyl (C=O) groups is 2. The van der Waals surface area contributed by atoms with E-state index in [2.05, 4.69) is 22.5 Å². The molecule has 1 atom stereocenters. The molecule has 1 aromatic heterocycles. The maximum absolute atomic E-state index is 12.8. The van der Waals surface area contributed by atoms with Crippen LogP contribution in [0.15, 0.2) is 67.0 Å². The van der Waals surface area contributed by atoms with E-state index in [4.69, 9.17) is 0 Å². The minimum absolute atomic E-state index is 0.0369. The molecule has 2 amide bonds. The first-order valence-electron chi connectivity index (χ1n) is 10.0. The van der Waals surface area contributed by atoms with Gasteiger partial charge in [0.15, 0.2) is 0 Å². The molecule has 3 rings (SSSR count). The number of nitrogens with zero attached hydrogens (tertiary/aromatic N) is 3. The molecule has 0 aliphatic rings. The van der Waals surface area contributed by atoms with Gasteiger partial charge in [0.1, 0.15) is 0 Å². The zero-order valence-corrected chi connectivity index (χ0v) is 17.7. The number of hydrogen-bond donors (Lipinski definition) is 1. The molecule has 1 unspecified atom stereocenters. The maximum Gasteiger partial charge on any atom is 0.225 e. The third-order valence-electron chi connectivity index (χ3n) is 4.96. The molecule has 1 heterocycles. The van der Waals surface area contributed by atoms with Crippen molar-refractivity contribution in [3.05, 3.63) is 89.2 Å². The van der Waals surface area contributed by atoms with Gasteiger partial charge in [-0.15, -0.1) is 0 Å². The van der Waals surface area contributed by atoms with E-state index in [1.807, 2.05) is 60.3 Å². The monoisotopic (exact) mass is 404 g/mol. The molecule has 0 aliphatic heterocycles. The number of aromatic nitrogens is 2. The van der Waals surface area contributed by atoms with Crippen LogP contribution in [-0.4, -0.2) is 33.5 Å². The van der Waals surface area contributed by atoms with Crippen LogP contribution in [0.2, 0.25) is 0 Å². The first-order chi connectivity index (χ1) is 14.4. The number of aryl methyl sites for hydroxylation is 1. The van der Waals surface area contributed by atoms with Gasteiger partial charge in [0.05, 0.1) is 25.2 Å². The zero-order valence-electron chi connectivity index (χ0n) is 17.7. The second-order valence-electron chi connectivity index (χ2n) is 7.65. The Balaban J connectivity index is 1.61. The van der Waals surface area contributed by atoms with Gasteiger partial charge in [-0.2, -0.15) is 5.10 Å². The quantitative estimate of drug-likeness (QED) is 0.625. The van der Waals surface area contributed by atoms with Crippen molar-refractivity contribution >= 4 is 11.8 Å². The topological polar surface area (TPSA) is 67.2 Å². The molecule has 156 valence electrons. The van der Waals surface area contributed by atoms with E-state index in [1.165, 1.54) is 12.5 Å².